The van der Waals surface area contributed by atoms with E-state index in [1.807, 2.05) is 49.4 Å². The average Bonchev–Trinajstić information content (AvgIpc) is 2.63. The summed E-state index contributed by atoms with van der Waals surface area (Å²) < 4.78 is 0. The summed E-state index contributed by atoms with van der Waals surface area (Å²) in [6.45, 7) is 2.00. The van der Waals surface area contributed by atoms with Crippen molar-refractivity contribution < 1.29 is 9.59 Å². The van der Waals surface area contributed by atoms with E-state index in [1.54, 1.807) is 36.4 Å². The maximum atomic E-state index is 12.7. The molecule has 0 heterocycles. The fourth-order valence-electron chi connectivity index (χ4n) is 2.37. The van der Waals surface area contributed by atoms with Crippen LogP contribution >= 0.6 is 11.8 Å². The Morgan fingerprint density at radius 2 is 1.29 bits per heavy atom. The van der Waals surface area contributed by atoms with Crippen molar-refractivity contribution in [2.45, 2.75) is 11.8 Å². The number of hydrogen-bond donors (Lipinski definition) is 0. The smallest absolute Gasteiger partial charge is 0.224 e. The molecular formula is C21H16O2S. The molecule has 0 N–H and O–H groups in total. The molecule has 0 spiro atoms. The molecule has 0 aliphatic rings. The van der Waals surface area contributed by atoms with Gasteiger partial charge < -0.3 is 0 Å². The van der Waals surface area contributed by atoms with Gasteiger partial charge in [-0.05, 0) is 36.9 Å². The maximum Gasteiger partial charge on any atom is 0.224 e. The van der Waals surface area contributed by atoms with Gasteiger partial charge in [0.05, 0.1) is 0 Å². The lowest BCUT2D eigenvalue weighted by Crippen LogP contribution is -2.08. The van der Waals surface area contributed by atoms with Gasteiger partial charge in [0.1, 0.15) is 0 Å². The Hall–Kier alpha value is -2.65. The van der Waals surface area contributed by atoms with E-state index < -0.39 is 0 Å². The van der Waals surface area contributed by atoms with Gasteiger partial charge in [0.25, 0.3) is 0 Å². The van der Waals surface area contributed by atoms with E-state index in [2.05, 4.69) is 0 Å². The molecule has 3 rings (SSSR count). The summed E-state index contributed by atoms with van der Waals surface area (Å²) in [6, 6.07) is 23.8. The standard InChI is InChI=1S/C21H16O2S/c1-15-11-13-17(14-12-15)24-21(23)19-10-6-5-9-18(19)20(22)16-7-3-2-4-8-16/h2-14H,1H3. The van der Waals surface area contributed by atoms with Crippen LogP contribution < -0.4 is 0 Å². The molecule has 0 unspecified atom stereocenters. The third kappa shape index (κ3) is 3.63. The second-order valence-corrected chi connectivity index (χ2v) is 6.49. The highest BCUT2D eigenvalue weighted by Gasteiger charge is 2.18. The minimum Gasteiger partial charge on any atom is -0.289 e. The molecule has 0 atom stereocenters. The number of carbonyl (C=O) groups is 2. The van der Waals surface area contributed by atoms with Crippen molar-refractivity contribution in [2.75, 3.05) is 0 Å². The molecule has 118 valence electrons. The summed E-state index contributed by atoms with van der Waals surface area (Å²) in [5.74, 6) is -0.135. The topological polar surface area (TPSA) is 34.1 Å². The summed E-state index contributed by atoms with van der Waals surface area (Å²) in [5, 5.41) is -0.126. The molecule has 24 heavy (non-hydrogen) atoms. The predicted molar refractivity (Wildman–Crippen MR) is 97.7 cm³/mol. The van der Waals surface area contributed by atoms with Crippen molar-refractivity contribution in [3.63, 3.8) is 0 Å². The zero-order chi connectivity index (χ0) is 16.9. The Bertz CT molecular complexity index is 868. The summed E-state index contributed by atoms with van der Waals surface area (Å²) in [4.78, 5) is 26.2. The Morgan fingerprint density at radius 3 is 1.96 bits per heavy atom. The molecule has 0 saturated carbocycles. The predicted octanol–water partition coefficient (Wildman–Crippen LogP) is 5.16. The fraction of sp³-hybridized carbons (Fsp3) is 0.0476. The first-order valence-corrected chi connectivity index (χ1v) is 8.44. The molecule has 3 heteroatoms. The number of hydrogen-bond acceptors (Lipinski definition) is 3. The second kappa shape index (κ2) is 7.28. The molecule has 0 radical (unpaired) electrons. The number of ketones is 1. The van der Waals surface area contributed by atoms with E-state index in [0.29, 0.717) is 16.7 Å². The van der Waals surface area contributed by atoms with Crippen LogP contribution in [-0.2, 0) is 0 Å². The molecule has 3 aromatic rings. The van der Waals surface area contributed by atoms with Crippen molar-refractivity contribution in [1.82, 2.24) is 0 Å². The summed E-state index contributed by atoms with van der Waals surface area (Å²) in [6.07, 6.45) is 0. The van der Waals surface area contributed by atoms with Crippen LogP contribution in [-0.4, -0.2) is 10.9 Å². The Labute approximate surface area is 145 Å². The van der Waals surface area contributed by atoms with Gasteiger partial charge in [-0.1, -0.05) is 66.2 Å². The van der Waals surface area contributed by atoms with Crippen LogP contribution in [0.25, 0.3) is 0 Å². The number of carbonyl (C=O) groups excluding carboxylic acids is 2. The molecule has 0 aliphatic carbocycles. The van der Waals surface area contributed by atoms with Gasteiger partial charge in [-0.25, -0.2) is 0 Å². The first kappa shape index (κ1) is 16.2. The SMILES string of the molecule is Cc1ccc(SC(=O)c2ccccc2C(=O)c2ccccc2)cc1. The highest BCUT2D eigenvalue weighted by atomic mass is 32.2. The van der Waals surface area contributed by atoms with Crippen LogP contribution in [0.3, 0.4) is 0 Å². The van der Waals surface area contributed by atoms with Crippen LogP contribution in [0.2, 0.25) is 0 Å². The zero-order valence-corrected chi connectivity index (χ0v) is 14.0. The van der Waals surface area contributed by atoms with Crippen LogP contribution in [0.15, 0.2) is 83.8 Å². The van der Waals surface area contributed by atoms with Crippen LogP contribution in [0.4, 0.5) is 0 Å². The highest BCUT2D eigenvalue weighted by Crippen LogP contribution is 2.26. The normalized spacial score (nSPS) is 10.4. The van der Waals surface area contributed by atoms with E-state index >= 15 is 0 Å². The highest BCUT2D eigenvalue weighted by molar-refractivity contribution is 8.14. The first-order valence-electron chi connectivity index (χ1n) is 7.63. The van der Waals surface area contributed by atoms with Gasteiger partial charge in [-0.2, -0.15) is 0 Å². The zero-order valence-electron chi connectivity index (χ0n) is 13.2. The third-order valence-corrected chi connectivity index (χ3v) is 4.57. The number of benzene rings is 3. The quantitative estimate of drug-likeness (QED) is 0.489. The van der Waals surface area contributed by atoms with Gasteiger partial charge in [0.2, 0.25) is 5.12 Å². The molecule has 0 bridgehead atoms. The minimum absolute atomic E-state index is 0.126. The van der Waals surface area contributed by atoms with E-state index in [0.717, 1.165) is 22.2 Å². The molecular weight excluding hydrogens is 316 g/mol. The van der Waals surface area contributed by atoms with Crippen LogP contribution in [0.5, 0.6) is 0 Å². The Kier molecular flexibility index (Phi) is 4.92. The van der Waals surface area contributed by atoms with Crippen molar-refractivity contribution in [2.24, 2.45) is 0 Å². The number of rotatable bonds is 4. The lowest BCUT2D eigenvalue weighted by atomic mass is 9.99. The second-order valence-electron chi connectivity index (χ2n) is 5.44. The molecule has 0 aliphatic heterocycles. The van der Waals surface area contributed by atoms with Crippen molar-refractivity contribution in [3.05, 3.63) is 101 Å². The largest absolute Gasteiger partial charge is 0.289 e. The maximum absolute atomic E-state index is 12.7. The monoisotopic (exact) mass is 332 g/mol. The Balaban J connectivity index is 1.90. The lowest BCUT2D eigenvalue weighted by Gasteiger charge is -2.08. The molecule has 2 nitrogen and oxygen atoms in total. The lowest BCUT2D eigenvalue weighted by molar-refractivity contribution is 0.102. The molecule has 0 fully saturated rings. The molecule has 3 aromatic carbocycles. The van der Waals surface area contributed by atoms with E-state index in [9.17, 15) is 9.59 Å². The van der Waals surface area contributed by atoms with Gasteiger partial charge in [-0.3, -0.25) is 9.59 Å². The summed E-state index contributed by atoms with van der Waals surface area (Å²) >= 11 is 1.14. The van der Waals surface area contributed by atoms with Gasteiger partial charge in [-0.15, -0.1) is 0 Å². The van der Waals surface area contributed by atoms with Crippen molar-refractivity contribution in [1.29, 1.82) is 0 Å². The van der Waals surface area contributed by atoms with Crippen LogP contribution in [0.1, 0.15) is 31.8 Å². The average molecular weight is 332 g/mol. The molecule has 0 aromatic heterocycles. The van der Waals surface area contributed by atoms with E-state index in [4.69, 9.17) is 0 Å². The van der Waals surface area contributed by atoms with Crippen molar-refractivity contribution >= 4 is 22.7 Å². The van der Waals surface area contributed by atoms with Gasteiger partial charge in [0, 0.05) is 21.6 Å². The number of aryl methyl sites for hydroxylation is 1. The van der Waals surface area contributed by atoms with E-state index in [1.165, 1.54) is 0 Å². The summed E-state index contributed by atoms with van der Waals surface area (Å²) in [7, 11) is 0. The number of thioether (sulfide) groups is 1. The summed E-state index contributed by atoms with van der Waals surface area (Å²) in [5.41, 5.74) is 2.61. The minimum atomic E-state index is -0.135. The van der Waals surface area contributed by atoms with Gasteiger partial charge >= 0.3 is 0 Å². The van der Waals surface area contributed by atoms with Crippen molar-refractivity contribution in [3.8, 4) is 0 Å². The van der Waals surface area contributed by atoms with Gasteiger partial charge in [0.15, 0.2) is 5.78 Å². The first-order chi connectivity index (χ1) is 11.6. The fourth-order valence-corrected chi connectivity index (χ4v) is 3.15. The molecule has 0 amide bonds. The van der Waals surface area contributed by atoms with Crippen LogP contribution in [0, 0.1) is 6.92 Å². The molecule has 0 saturated heterocycles. The third-order valence-electron chi connectivity index (χ3n) is 3.66. The van der Waals surface area contributed by atoms with E-state index in [-0.39, 0.29) is 10.9 Å². The Morgan fingerprint density at radius 1 is 0.708 bits per heavy atom.